The number of hydrogen-bond donors (Lipinski definition) is 2. The van der Waals surface area contributed by atoms with Crippen LogP contribution in [0, 0.1) is 0 Å². The third-order valence-electron chi connectivity index (χ3n) is 3.55. The quantitative estimate of drug-likeness (QED) is 0.456. The van der Waals surface area contributed by atoms with Gasteiger partial charge in [-0.25, -0.2) is 10.8 Å². The van der Waals surface area contributed by atoms with Crippen LogP contribution in [0.25, 0.3) is 0 Å². The topological polar surface area (TPSA) is 50.9 Å². The lowest BCUT2D eigenvalue weighted by atomic mass is 10.5. The Morgan fingerprint density at radius 3 is 2.13 bits per heavy atom. The van der Waals surface area contributed by atoms with Gasteiger partial charge in [-0.3, -0.25) is 0 Å². The van der Waals surface area contributed by atoms with Crippen molar-refractivity contribution in [2.45, 2.75) is 38.9 Å². The average Bonchev–Trinajstić information content (AvgIpc) is 2.33. The van der Waals surface area contributed by atoms with E-state index in [0.29, 0.717) is 0 Å². The van der Waals surface area contributed by atoms with Gasteiger partial charge in [0, 0.05) is 6.20 Å². The highest BCUT2D eigenvalue weighted by molar-refractivity contribution is 6.91. The smallest absolute Gasteiger partial charge is 0.139 e. The van der Waals surface area contributed by atoms with Crippen molar-refractivity contribution in [1.29, 1.82) is 0 Å². The van der Waals surface area contributed by atoms with Crippen molar-refractivity contribution in [3.05, 3.63) is 18.3 Å². The molecule has 1 rings (SSSR count). The molecule has 0 radical (unpaired) electrons. The number of nitrogens with zero attached hydrogens (tertiary/aromatic N) is 1. The molecule has 4 heteroatoms. The molecule has 0 spiro atoms. The number of nitrogens with two attached hydrogens (primary N) is 1. The van der Waals surface area contributed by atoms with Crippen LogP contribution >= 0.6 is 0 Å². The first kappa shape index (κ1) is 12.2. The second-order valence-electron chi connectivity index (χ2n) is 3.92. The first-order chi connectivity index (χ1) is 7.22. The van der Waals surface area contributed by atoms with E-state index in [1.165, 1.54) is 23.3 Å². The summed E-state index contributed by atoms with van der Waals surface area (Å²) in [5, 5.41) is 1.45. The van der Waals surface area contributed by atoms with Gasteiger partial charge in [0.05, 0.1) is 8.07 Å². The Balaban J connectivity index is 3.01. The Morgan fingerprint density at radius 1 is 1.20 bits per heavy atom. The molecule has 0 aliphatic carbocycles. The maximum absolute atomic E-state index is 5.31. The van der Waals surface area contributed by atoms with E-state index in [1.54, 1.807) is 0 Å². The van der Waals surface area contributed by atoms with Crippen molar-refractivity contribution in [1.82, 2.24) is 4.98 Å². The van der Waals surface area contributed by atoms with Crippen LogP contribution in [-0.4, -0.2) is 13.1 Å². The van der Waals surface area contributed by atoms with Crippen molar-refractivity contribution >= 4 is 19.1 Å². The summed E-state index contributed by atoms with van der Waals surface area (Å²) in [7, 11) is -1.26. The Bertz CT molecular complexity index is 285. The summed E-state index contributed by atoms with van der Waals surface area (Å²) in [6, 6.07) is 8.02. The number of hydrogen-bond acceptors (Lipinski definition) is 3. The summed E-state index contributed by atoms with van der Waals surface area (Å²) in [5.74, 6) is 6.05. The van der Waals surface area contributed by atoms with Gasteiger partial charge in [0.2, 0.25) is 0 Å². The molecule has 84 valence electrons. The molecule has 0 bridgehead atoms. The standard InChI is InChI=1S/C11H21N3Si/c1-4-15(5-2,6-3)10-7-8-11(14-12)13-9-10/h7-9H,4-6,12H2,1-3H3,(H,13,14). The highest BCUT2D eigenvalue weighted by Crippen LogP contribution is 2.19. The molecule has 3 N–H and O–H groups in total. The first-order valence-electron chi connectivity index (χ1n) is 5.65. The lowest BCUT2D eigenvalue weighted by molar-refractivity contribution is 1.18. The van der Waals surface area contributed by atoms with E-state index in [-0.39, 0.29) is 0 Å². The lowest BCUT2D eigenvalue weighted by Gasteiger charge is -2.28. The molecular weight excluding hydrogens is 202 g/mol. The van der Waals surface area contributed by atoms with E-state index in [4.69, 9.17) is 5.84 Å². The van der Waals surface area contributed by atoms with E-state index < -0.39 is 8.07 Å². The van der Waals surface area contributed by atoms with Gasteiger partial charge < -0.3 is 5.43 Å². The van der Waals surface area contributed by atoms with Crippen molar-refractivity contribution in [3.63, 3.8) is 0 Å². The predicted molar refractivity (Wildman–Crippen MR) is 68.9 cm³/mol. The van der Waals surface area contributed by atoms with Gasteiger partial charge >= 0.3 is 0 Å². The van der Waals surface area contributed by atoms with Gasteiger partial charge in [-0.05, 0) is 11.3 Å². The molecule has 1 aromatic heterocycles. The van der Waals surface area contributed by atoms with Crippen LogP contribution < -0.4 is 16.5 Å². The second kappa shape index (κ2) is 5.28. The van der Waals surface area contributed by atoms with E-state index in [2.05, 4.69) is 37.2 Å². The maximum Gasteiger partial charge on any atom is 0.139 e. The molecule has 0 aliphatic rings. The van der Waals surface area contributed by atoms with E-state index >= 15 is 0 Å². The largest absolute Gasteiger partial charge is 0.308 e. The summed E-state index contributed by atoms with van der Waals surface area (Å²) in [5.41, 5.74) is 2.56. The van der Waals surface area contributed by atoms with Crippen molar-refractivity contribution in [2.24, 2.45) is 5.84 Å². The minimum Gasteiger partial charge on any atom is -0.308 e. The molecule has 0 amide bonds. The minimum atomic E-state index is -1.26. The summed E-state index contributed by atoms with van der Waals surface area (Å²) in [6.07, 6.45) is 2.00. The number of anilines is 1. The molecule has 1 aromatic rings. The number of aromatic nitrogens is 1. The molecule has 0 saturated heterocycles. The number of nitrogens with one attached hydrogen (secondary N) is 1. The van der Waals surface area contributed by atoms with Crippen LogP contribution in [0.4, 0.5) is 5.82 Å². The SMILES string of the molecule is CC[Si](CC)(CC)c1ccc(NN)nc1. The van der Waals surface area contributed by atoms with Gasteiger partial charge in [-0.15, -0.1) is 0 Å². The normalized spacial score (nSPS) is 11.5. The molecule has 0 saturated carbocycles. The zero-order chi connectivity index (χ0) is 11.3. The highest BCUT2D eigenvalue weighted by atomic mass is 28.3. The predicted octanol–water partition coefficient (Wildman–Crippen LogP) is 2.08. The lowest BCUT2D eigenvalue weighted by Crippen LogP contribution is -2.45. The number of nitrogen functional groups attached to an aromatic ring is 1. The van der Waals surface area contributed by atoms with Gasteiger partial charge in [0.25, 0.3) is 0 Å². The maximum atomic E-state index is 5.31. The minimum absolute atomic E-state index is 0.741. The second-order valence-corrected chi connectivity index (χ2v) is 9.18. The third kappa shape index (κ3) is 2.38. The van der Waals surface area contributed by atoms with Crippen molar-refractivity contribution in [2.75, 3.05) is 5.43 Å². The zero-order valence-corrected chi connectivity index (χ0v) is 10.9. The van der Waals surface area contributed by atoms with Crippen LogP contribution in [0.1, 0.15) is 20.8 Å². The third-order valence-corrected chi connectivity index (χ3v) is 9.14. The van der Waals surface area contributed by atoms with Gasteiger partial charge in [0.1, 0.15) is 5.82 Å². The molecule has 0 aromatic carbocycles. The Hall–Kier alpha value is -0.873. The molecule has 0 aliphatic heterocycles. The molecule has 15 heavy (non-hydrogen) atoms. The summed E-state index contributed by atoms with van der Waals surface area (Å²) in [6.45, 7) is 6.90. The van der Waals surface area contributed by atoms with Crippen LogP contribution in [0.5, 0.6) is 0 Å². The molecule has 0 atom stereocenters. The fourth-order valence-electron chi connectivity index (χ4n) is 2.16. The average molecular weight is 223 g/mol. The van der Waals surface area contributed by atoms with E-state index in [1.807, 2.05) is 12.3 Å². The van der Waals surface area contributed by atoms with E-state index in [9.17, 15) is 0 Å². The van der Waals surface area contributed by atoms with Crippen LogP contribution in [0.3, 0.4) is 0 Å². The highest BCUT2D eigenvalue weighted by Gasteiger charge is 2.29. The number of rotatable bonds is 5. The fraction of sp³-hybridized carbons (Fsp3) is 0.545. The number of pyridine rings is 1. The number of hydrazine groups is 1. The monoisotopic (exact) mass is 223 g/mol. The summed E-state index contributed by atoms with van der Waals surface area (Å²) in [4.78, 5) is 4.31. The summed E-state index contributed by atoms with van der Waals surface area (Å²) < 4.78 is 0. The van der Waals surface area contributed by atoms with Crippen molar-refractivity contribution in [3.8, 4) is 0 Å². The first-order valence-corrected chi connectivity index (χ1v) is 8.27. The van der Waals surface area contributed by atoms with Gasteiger partial charge in [-0.1, -0.05) is 45.0 Å². The Morgan fingerprint density at radius 2 is 1.80 bits per heavy atom. The molecule has 3 nitrogen and oxygen atoms in total. The van der Waals surface area contributed by atoms with Gasteiger partial charge in [0.15, 0.2) is 0 Å². The molecular formula is C11H21N3Si. The van der Waals surface area contributed by atoms with Crippen LogP contribution in [0.15, 0.2) is 18.3 Å². The molecule has 0 fully saturated rings. The van der Waals surface area contributed by atoms with Crippen LogP contribution in [0.2, 0.25) is 18.1 Å². The Kier molecular flexibility index (Phi) is 4.29. The molecule has 0 unspecified atom stereocenters. The summed E-state index contributed by atoms with van der Waals surface area (Å²) >= 11 is 0. The van der Waals surface area contributed by atoms with Gasteiger partial charge in [-0.2, -0.15) is 0 Å². The Labute approximate surface area is 93.1 Å². The van der Waals surface area contributed by atoms with Crippen LogP contribution in [-0.2, 0) is 0 Å². The zero-order valence-electron chi connectivity index (χ0n) is 9.88. The fourth-order valence-corrected chi connectivity index (χ4v) is 5.66. The van der Waals surface area contributed by atoms with E-state index in [0.717, 1.165) is 5.82 Å². The molecule has 1 heterocycles. The van der Waals surface area contributed by atoms with Crippen molar-refractivity contribution < 1.29 is 0 Å².